The van der Waals surface area contributed by atoms with E-state index in [0.29, 0.717) is 18.5 Å². The molecule has 0 aliphatic carbocycles. The number of fused-ring (bicyclic) bond motifs is 2. The number of rotatable bonds is 7. The first kappa shape index (κ1) is 36.2. The maximum absolute atomic E-state index is 17.4. The van der Waals surface area contributed by atoms with E-state index in [4.69, 9.17) is 21.6 Å². The molecule has 10 nitrogen and oxygen atoms in total. The first-order valence-corrected chi connectivity index (χ1v) is 17.5. The van der Waals surface area contributed by atoms with Crippen LogP contribution in [0, 0.1) is 24.0 Å². The predicted octanol–water partition coefficient (Wildman–Crippen LogP) is 7.54. The zero-order chi connectivity index (χ0) is 38.9. The first-order chi connectivity index (χ1) is 26.3. The highest BCUT2D eigenvalue weighted by molar-refractivity contribution is 6.04. The highest BCUT2D eigenvalue weighted by Crippen LogP contribution is 2.48. The van der Waals surface area contributed by atoms with Crippen LogP contribution in [0.3, 0.4) is 0 Å². The molecule has 284 valence electrons. The number of terminal acetylenes is 1. The molecular formula is C39H33F6N7O3. The number of nitrogen functional groups attached to an aromatic ring is 1. The molecule has 0 bridgehead atoms. The summed E-state index contributed by atoms with van der Waals surface area (Å²) >= 11 is 0. The monoisotopic (exact) mass is 761 g/mol. The van der Waals surface area contributed by atoms with Gasteiger partial charge in [-0.3, -0.25) is 4.90 Å². The van der Waals surface area contributed by atoms with Crippen molar-refractivity contribution in [3.63, 3.8) is 0 Å². The molecular weight excluding hydrogens is 728 g/mol. The molecule has 16 heteroatoms. The molecule has 55 heavy (non-hydrogen) atoms. The summed E-state index contributed by atoms with van der Waals surface area (Å²) in [5, 5.41) is 10.8. The van der Waals surface area contributed by atoms with Crippen LogP contribution in [-0.2, 0) is 0 Å². The van der Waals surface area contributed by atoms with Crippen molar-refractivity contribution in [2.45, 2.75) is 63.3 Å². The lowest BCUT2D eigenvalue weighted by atomic mass is 9.94. The van der Waals surface area contributed by atoms with Crippen molar-refractivity contribution in [3.8, 4) is 41.2 Å². The number of alkyl halides is 2. The maximum atomic E-state index is 17.4. The highest BCUT2D eigenvalue weighted by atomic mass is 19.3. The highest BCUT2D eigenvalue weighted by Gasteiger charge is 2.49. The molecule has 0 saturated carbocycles. The molecule has 8 rings (SSSR count). The Labute approximate surface area is 310 Å². The average molecular weight is 762 g/mol. The van der Waals surface area contributed by atoms with Gasteiger partial charge in [-0.05, 0) is 69.3 Å². The number of nitrogens with zero attached hydrogens (tertiary/aromatic N) is 6. The van der Waals surface area contributed by atoms with Crippen molar-refractivity contribution in [1.82, 2.24) is 24.8 Å². The lowest BCUT2D eigenvalue weighted by molar-refractivity contribution is 0.0483. The summed E-state index contributed by atoms with van der Waals surface area (Å²) in [6.07, 6.45) is 2.28. The number of anilines is 2. The molecule has 6 heterocycles. The number of nitrogens with two attached hydrogens (primary N) is 1. The van der Waals surface area contributed by atoms with E-state index in [1.165, 1.54) is 30.2 Å². The number of aromatic hydroxyl groups is 1. The van der Waals surface area contributed by atoms with Gasteiger partial charge in [0.25, 0.3) is 12.5 Å². The van der Waals surface area contributed by atoms with Gasteiger partial charge in [0.05, 0.1) is 17.1 Å². The van der Waals surface area contributed by atoms with Gasteiger partial charge >= 0.3 is 6.01 Å². The third-order valence-corrected chi connectivity index (χ3v) is 10.9. The molecule has 0 radical (unpaired) electrons. The molecule has 3 N–H and O–H groups in total. The molecule has 5 aromatic rings. The first-order valence-electron chi connectivity index (χ1n) is 17.5. The van der Waals surface area contributed by atoms with Crippen molar-refractivity contribution in [2.24, 2.45) is 0 Å². The number of halogens is 6. The number of phenolic OH excluding ortho intramolecular Hbond substituents is 1. The molecule has 3 aromatic heterocycles. The third kappa shape index (κ3) is 5.88. The Hall–Kier alpha value is -5.82. The SMILES string of the molecule is C#Cc1c(F)ccc2cc(O)cc(-c3nc4c5c(nc(OC[C@@]67CCCN6CC(=C(F)F)C7)nc5c3F)N(C(C)c3cccnc3N)C(C(F)F)C(C)O4)c12. The summed E-state index contributed by atoms with van der Waals surface area (Å²) in [4.78, 5) is 20.8. The lowest BCUT2D eigenvalue weighted by Crippen LogP contribution is -2.50. The summed E-state index contributed by atoms with van der Waals surface area (Å²) in [6, 6.07) is 5.01. The topological polar surface area (TPSA) is 123 Å². The van der Waals surface area contributed by atoms with Gasteiger partial charge in [0.1, 0.15) is 52.7 Å². The van der Waals surface area contributed by atoms with Crippen LogP contribution < -0.4 is 20.1 Å². The normalized spacial score (nSPS) is 21.5. The molecule has 3 aliphatic rings. The summed E-state index contributed by atoms with van der Waals surface area (Å²) in [5.74, 6) is -0.446. The Bertz CT molecular complexity index is 2460. The fourth-order valence-electron chi connectivity index (χ4n) is 8.35. The minimum atomic E-state index is -3.07. The van der Waals surface area contributed by atoms with Gasteiger partial charge in [-0.2, -0.15) is 18.7 Å². The van der Waals surface area contributed by atoms with Crippen LogP contribution in [0.5, 0.6) is 17.6 Å². The van der Waals surface area contributed by atoms with Crippen LogP contribution in [0.15, 0.2) is 54.2 Å². The number of phenols is 1. The van der Waals surface area contributed by atoms with E-state index in [-0.39, 0.29) is 75.7 Å². The molecule has 2 aromatic carbocycles. The average Bonchev–Trinajstić information content (AvgIpc) is 3.68. The van der Waals surface area contributed by atoms with Crippen LogP contribution >= 0.6 is 0 Å². The van der Waals surface area contributed by atoms with Crippen LogP contribution in [0.4, 0.5) is 38.0 Å². The molecule has 2 fully saturated rings. The van der Waals surface area contributed by atoms with E-state index in [0.717, 1.165) is 18.6 Å². The Kier molecular flexibility index (Phi) is 8.87. The standard InChI is InChI=1S/C39H33F6N7O3/c1-4-23-26(40)9-8-20-13-22(53)14-25(27(20)23)30-29(41)31-28-36(50-38(49-31)54-17-39-10-6-12-51(39)16-21(15-39)33(42)43)52(18(2)24-7-5-11-47-35(24)46)32(34(44)45)19(3)55-37(28)48-30/h1,5,7-9,11,13-14,18-19,32,34,53H,6,10,12,15-17H2,2-3H3,(H2,46,47)/t18?,19?,32?,39-/m0/s1. The van der Waals surface area contributed by atoms with Gasteiger partial charge in [-0.1, -0.05) is 18.1 Å². The second kappa shape index (κ2) is 13.5. The van der Waals surface area contributed by atoms with Crippen LogP contribution in [0.1, 0.15) is 50.3 Å². The Morgan fingerprint density at radius 3 is 2.69 bits per heavy atom. The smallest absolute Gasteiger partial charge is 0.319 e. The second-order valence-corrected chi connectivity index (χ2v) is 14.1. The van der Waals surface area contributed by atoms with Crippen molar-refractivity contribution < 1.29 is 40.9 Å². The Morgan fingerprint density at radius 1 is 1.16 bits per heavy atom. The molecule has 3 aliphatic heterocycles. The quantitative estimate of drug-likeness (QED) is 0.127. The fraction of sp³-hybridized carbons (Fsp3) is 0.333. The zero-order valence-corrected chi connectivity index (χ0v) is 29.5. The number of ether oxygens (including phenoxy) is 2. The van der Waals surface area contributed by atoms with Crippen LogP contribution in [0.25, 0.3) is 32.9 Å². The van der Waals surface area contributed by atoms with Gasteiger partial charge in [0.2, 0.25) is 5.88 Å². The van der Waals surface area contributed by atoms with E-state index < -0.39 is 65.1 Å². The van der Waals surface area contributed by atoms with Gasteiger partial charge in [-0.15, -0.1) is 6.42 Å². The van der Waals surface area contributed by atoms with Gasteiger partial charge < -0.3 is 25.2 Å². The summed E-state index contributed by atoms with van der Waals surface area (Å²) < 4.78 is 103. The predicted molar refractivity (Wildman–Crippen MR) is 192 cm³/mol. The second-order valence-electron chi connectivity index (χ2n) is 14.1. The number of hydrogen-bond donors (Lipinski definition) is 2. The third-order valence-electron chi connectivity index (χ3n) is 10.9. The molecule has 4 atom stereocenters. The van der Waals surface area contributed by atoms with E-state index in [9.17, 15) is 13.9 Å². The molecule has 0 amide bonds. The van der Waals surface area contributed by atoms with E-state index >= 15 is 17.6 Å². The van der Waals surface area contributed by atoms with Crippen molar-refractivity contribution >= 4 is 33.3 Å². The number of hydrogen-bond acceptors (Lipinski definition) is 10. The molecule has 2 saturated heterocycles. The van der Waals surface area contributed by atoms with E-state index in [1.54, 1.807) is 19.1 Å². The maximum Gasteiger partial charge on any atom is 0.319 e. The molecule has 3 unspecified atom stereocenters. The summed E-state index contributed by atoms with van der Waals surface area (Å²) in [5.41, 5.74) is 4.45. The van der Waals surface area contributed by atoms with Crippen LogP contribution in [-0.4, -0.2) is 73.7 Å². The summed E-state index contributed by atoms with van der Waals surface area (Å²) in [6.45, 7) is 3.45. The number of aromatic nitrogens is 4. The minimum absolute atomic E-state index is 0.0122. The lowest BCUT2D eigenvalue weighted by Gasteiger charge is -2.38. The largest absolute Gasteiger partial charge is 0.508 e. The zero-order valence-electron chi connectivity index (χ0n) is 29.5. The Balaban J connectivity index is 1.39. The van der Waals surface area contributed by atoms with Gasteiger partial charge in [0.15, 0.2) is 11.6 Å². The Morgan fingerprint density at radius 2 is 1.96 bits per heavy atom. The van der Waals surface area contributed by atoms with E-state index in [2.05, 4.69) is 25.9 Å². The van der Waals surface area contributed by atoms with Gasteiger partial charge in [-0.25, -0.2) is 27.5 Å². The van der Waals surface area contributed by atoms with Crippen molar-refractivity contribution in [2.75, 3.05) is 30.3 Å². The molecule has 0 spiro atoms. The van der Waals surface area contributed by atoms with Crippen molar-refractivity contribution in [3.05, 3.63) is 77.0 Å². The fourth-order valence-corrected chi connectivity index (χ4v) is 8.35. The van der Waals surface area contributed by atoms with E-state index in [1.807, 2.05) is 4.90 Å². The number of pyridine rings is 2. The van der Waals surface area contributed by atoms with Gasteiger partial charge in [0, 0.05) is 34.8 Å². The van der Waals surface area contributed by atoms with Crippen molar-refractivity contribution in [1.29, 1.82) is 0 Å². The summed E-state index contributed by atoms with van der Waals surface area (Å²) in [7, 11) is 0. The minimum Gasteiger partial charge on any atom is -0.508 e. The van der Waals surface area contributed by atoms with Crippen LogP contribution in [0.2, 0.25) is 0 Å². The number of benzene rings is 2.